The summed E-state index contributed by atoms with van der Waals surface area (Å²) in [4.78, 5) is 17.0. The third-order valence-electron chi connectivity index (χ3n) is 4.82. The van der Waals surface area contributed by atoms with Crippen LogP contribution >= 0.6 is 11.6 Å². The van der Waals surface area contributed by atoms with Crippen molar-refractivity contribution in [3.8, 4) is 17.0 Å². The number of aromatic nitrogens is 5. The van der Waals surface area contributed by atoms with Crippen molar-refractivity contribution in [1.82, 2.24) is 29.7 Å². The Balaban J connectivity index is 1.76. The Kier molecular flexibility index (Phi) is 5.51. The van der Waals surface area contributed by atoms with E-state index in [4.69, 9.17) is 16.3 Å². The Morgan fingerprint density at radius 3 is 2.50 bits per heavy atom. The number of alkyl halides is 3. The molecule has 0 atom stereocenters. The highest BCUT2D eigenvalue weighted by Crippen LogP contribution is 2.33. The van der Waals surface area contributed by atoms with Gasteiger partial charge in [0, 0.05) is 12.6 Å². The monoisotopic (exact) mass is 464 g/mol. The maximum atomic E-state index is 13.7. The van der Waals surface area contributed by atoms with Crippen LogP contribution in [-0.4, -0.2) is 37.4 Å². The molecule has 166 valence electrons. The van der Waals surface area contributed by atoms with Gasteiger partial charge in [0.05, 0.1) is 42.5 Å². The third-order valence-corrected chi connectivity index (χ3v) is 5.14. The topological polar surface area (TPSA) is 86.3 Å². The molecule has 1 N–H and O–H groups in total. The van der Waals surface area contributed by atoms with Gasteiger partial charge in [0.2, 0.25) is 0 Å². The Morgan fingerprint density at radius 2 is 1.91 bits per heavy atom. The van der Waals surface area contributed by atoms with Crippen LogP contribution in [0.4, 0.5) is 13.2 Å². The second-order valence-electron chi connectivity index (χ2n) is 6.79. The molecule has 0 saturated carbocycles. The van der Waals surface area contributed by atoms with Crippen LogP contribution in [0.2, 0.25) is 5.02 Å². The van der Waals surface area contributed by atoms with Crippen LogP contribution in [0.15, 0.2) is 42.7 Å². The van der Waals surface area contributed by atoms with Gasteiger partial charge < -0.3 is 10.1 Å². The normalized spacial score (nSPS) is 11.7. The maximum Gasteiger partial charge on any atom is 0.433 e. The van der Waals surface area contributed by atoms with Gasteiger partial charge in [-0.05, 0) is 30.3 Å². The molecule has 32 heavy (non-hydrogen) atoms. The number of nitrogens with one attached hydrogen (secondary N) is 1. The summed E-state index contributed by atoms with van der Waals surface area (Å²) in [7, 11) is 3.14. The van der Waals surface area contributed by atoms with E-state index in [2.05, 4.69) is 20.5 Å². The number of carbonyl (C=O) groups is 1. The number of carbonyl (C=O) groups excluding carboxylic acids is 1. The number of methoxy groups -OCH3 is 1. The van der Waals surface area contributed by atoms with Crippen LogP contribution in [0.3, 0.4) is 0 Å². The van der Waals surface area contributed by atoms with Crippen molar-refractivity contribution in [3.63, 3.8) is 0 Å². The smallest absolute Gasteiger partial charge is 0.433 e. The van der Waals surface area contributed by atoms with Crippen molar-refractivity contribution < 1.29 is 22.7 Å². The van der Waals surface area contributed by atoms with E-state index >= 15 is 0 Å². The van der Waals surface area contributed by atoms with Gasteiger partial charge in [-0.25, -0.2) is 9.50 Å². The minimum Gasteiger partial charge on any atom is -0.497 e. The number of amides is 1. The van der Waals surface area contributed by atoms with Gasteiger partial charge in [-0.3, -0.25) is 9.48 Å². The summed E-state index contributed by atoms with van der Waals surface area (Å²) in [6, 6.07) is 7.27. The van der Waals surface area contributed by atoms with Crippen LogP contribution in [-0.2, 0) is 19.8 Å². The lowest BCUT2D eigenvalue weighted by atomic mass is 10.1. The standard InChI is InChI=1S/C20H16ClF3N6O2/c1-29-16(14(21)9-26-29)10-25-19(31)13-8-27-30-17(20(22,23)24)7-15(28-18(13)30)11-3-5-12(32-2)6-4-11/h3-9H,10H2,1-2H3,(H,25,31). The van der Waals surface area contributed by atoms with Gasteiger partial charge >= 0.3 is 6.18 Å². The molecule has 1 aromatic carbocycles. The van der Waals surface area contributed by atoms with Crippen molar-refractivity contribution in [1.29, 1.82) is 0 Å². The van der Waals surface area contributed by atoms with E-state index in [0.29, 0.717) is 26.5 Å². The highest BCUT2D eigenvalue weighted by molar-refractivity contribution is 6.31. The second kappa shape index (κ2) is 8.15. The number of fused-ring (bicyclic) bond motifs is 1. The van der Waals surface area contributed by atoms with Gasteiger partial charge in [0.15, 0.2) is 11.3 Å². The van der Waals surface area contributed by atoms with Crippen molar-refractivity contribution >= 4 is 23.2 Å². The summed E-state index contributed by atoms with van der Waals surface area (Å²) in [5.41, 5.74) is -0.380. The molecular formula is C20H16ClF3N6O2. The molecule has 4 aromatic rings. The number of halogens is 4. The number of hydrogen-bond donors (Lipinski definition) is 1. The molecule has 3 aromatic heterocycles. The van der Waals surface area contributed by atoms with Crippen molar-refractivity contribution in [2.45, 2.75) is 12.7 Å². The highest BCUT2D eigenvalue weighted by atomic mass is 35.5. The van der Waals surface area contributed by atoms with E-state index in [1.165, 1.54) is 18.0 Å². The van der Waals surface area contributed by atoms with Crippen LogP contribution in [0.25, 0.3) is 16.9 Å². The number of hydrogen-bond acceptors (Lipinski definition) is 5. The molecule has 0 bridgehead atoms. The molecule has 1 amide bonds. The Labute approximate surface area is 184 Å². The zero-order valence-electron chi connectivity index (χ0n) is 16.8. The molecular weight excluding hydrogens is 449 g/mol. The first kappa shape index (κ1) is 21.6. The zero-order chi connectivity index (χ0) is 23.0. The summed E-state index contributed by atoms with van der Waals surface area (Å²) in [5, 5.41) is 10.7. The van der Waals surface area contributed by atoms with E-state index in [1.807, 2.05) is 0 Å². The minimum atomic E-state index is -4.72. The summed E-state index contributed by atoms with van der Waals surface area (Å²) in [6.45, 7) is 0.0236. The Hall–Kier alpha value is -3.60. The molecule has 3 heterocycles. The lowest BCUT2D eigenvalue weighted by Gasteiger charge is -2.12. The van der Waals surface area contributed by atoms with E-state index in [9.17, 15) is 18.0 Å². The largest absolute Gasteiger partial charge is 0.497 e. The fraction of sp³-hybridized carbons (Fsp3) is 0.200. The number of benzene rings is 1. The summed E-state index contributed by atoms with van der Waals surface area (Å²) < 4.78 is 48.4. The van der Waals surface area contributed by atoms with Gasteiger partial charge in [0.25, 0.3) is 5.91 Å². The van der Waals surface area contributed by atoms with E-state index in [0.717, 1.165) is 12.3 Å². The fourth-order valence-corrected chi connectivity index (χ4v) is 3.36. The lowest BCUT2D eigenvalue weighted by Crippen LogP contribution is -2.24. The maximum absolute atomic E-state index is 13.7. The fourth-order valence-electron chi connectivity index (χ4n) is 3.13. The first-order chi connectivity index (χ1) is 15.2. The Morgan fingerprint density at radius 1 is 1.19 bits per heavy atom. The molecule has 0 radical (unpaired) electrons. The molecule has 0 aliphatic rings. The average Bonchev–Trinajstić information content (AvgIpc) is 3.33. The molecule has 0 fully saturated rings. The summed E-state index contributed by atoms with van der Waals surface area (Å²) >= 11 is 6.03. The number of rotatable bonds is 5. The van der Waals surface area contributed by atoms with Crippen molar-refractivity contribution in [2.24, 2.45) is 7.05 Å². The van der Waals surface area contributed by atoms with Crippen LogP contribution in [0.5, 0.6) is 5.75 Å². The zero-order valence-corrected chi connectivity index (χ0v) is 17.6. The molecule has 4 rings (SSSR count). The number of nitrogens with zero attached hydrogens (tertiary/aromatic N) is 5. The molecule has 0 unspecified atom stereocenters. The summed E-state index contributed by atoms with van der Waals surface area (Å²) in [5.74, 6) is -0.103. The van der Waals surface area contributed by atoms with Crippen molar-refractivity contribution in [3.05, 3.63) is 64.7 Å². The molecule has 8 nitrogen and oxygen atoms in total. The third kappa shape index (κ3) is 3.98. The SMILES string of the molecule is COc1ccc(-c2cc(C(F)(F)F)n3ncc(C(=O)NCc4c(Cl)cnn4C)c3n2)cc1. The molecule has 0 saturated heterocycles. The average molecular weight is 465 g/mol. The molecule has 0 aliphatic heterocycles. The van der Waals surface area contributed by atoms with Gasteiger partial charge in [0.1, 0.15) is 11.3 Å². The van der Waals surface area contributed by atoms with Gasteiger partial charge in [-0.2, -0.15) is 23.4 Å². The molecule has 12 heteroatoms. The van der Waals surface area contributed by atoms with E-state index in [-0.39, 0.29) is 23.4 Å². The van der Waals surface area contributed by atoms with Crippen LogP contribution in [0, 0.1) is 0 Å². The lowest BCUT2D eigenvalue weighted by molar-refractivity contribution is -0.142. The van der Waals surface area contributed by atoms with E-state index < -0.39 is 17.8 Å². The second-order valence-corrected chi connectivity index (χ2v) is 7.20. The van der Waals surface area contributed by atoms with Gasteiger partial charge in [-0.1, -0.05) is 11.6 Å². The predicted octanol–water partition coefficient (Wildman–Crippen LogP) is 3.74. The van der Waals surface area contributed by atoms with Crippen molar-refractivity contribution in [2.75, 3.05) is 7.11 Å². The van der Waals surface area contributed by atoms with Crippen LogP contribution in [0.1, 0.15) is 21.7 Å². The number of aryl methyl sites for hydroxylation is 1. The minimum absolute atomic E-state index is 0.0236. The highest BCUT2D eigenvalue weighted by Gasteiger charge is 2.36. The predicted molar refractivity (Wildman–Crippen MR) is 109 cm³/mol. The molecule has 0 spiro atoms. The summed E-state index contributed by atoms with van der Waals surface area (Å²) in [6.07, 6.45) is -2.24. The quantitative estimate of drug-likeness (QED) is 0.486. The first-order valence-electron chi connectivity index (χ1n) is 9.24. The molecule has 0 aliphatic carbocycles. The first-order valence-corrected chi connectivity index (χ1v) is 9.62. The number of ether oxygens (including phenoxy) is 1. The van der Waals surface area contributed by atoms with Crippen LogP contribution < -0.4 is 10.1 Å². The van der Waals surface area contributed by atoms with Gasteiger partial charge in [-0.15, -0.1) is 0 Å². The van der Waals surface area contributed by atoms with E-state index in [1.54, 1.807) is 31.3 Å². The Bertz CT molecular complexity index is 1280.